The van der Waals surface area contributed by atoms with Crippen molar-refractivity contribution in [3.63, 3.8) is 0 Å². The number of rotatable bonds is 2. The Hall–Kier alpha value is -1.24. The van der Waals surface area contributed by atoms with E-state index in [1.54, 1.807) is 6.08 Å². The van der Waals surface area contributed by atoms with Gasteiger partial charge in [0.2, 0.25) is 9.84 Å². The molecule has 0 aromatic heterocycles. The molecule has 0 spiro atoms. The van der Waals surface area contributed by atoms with Crippen LogP contribution < -0.4 is 0 Å². The lowest BCUT2D eigenvalue weighted by molar-refractivity contribution is 0.0430. The van der Waals surface area contributed by atoms with Crippen molar-refractivity contribution in [2.45, 2.75) is 4.90 Å². The molecule has 3 rings (SSSR count). The van der Waals surface area contributed by atoms with Crippen molar-refractivity contribution in [1.82, 2.24) is 4.90 Å². The fourth-order valence-corrected chi connectivity index (χ4v) is 3.97. The Labute approximate surface area is 111 Å². The Kier molecular flexibility index (Phi) is 3.16. The molecule has 0 aliphatic carbocycles. The van der Waals surface area contributed by atoms with Crippen LogP contribution in [0, 0.1) is 5.82 Å². The molecule has 0 bridgehead atoms. The number of ether oxygens (including phenoxy) is 1. The number of benzene rings is 1. The summed E-state index contributed by atoms with van der Waals surface area (Å²) in [6.45, 7) is 3.04. The van der Waals surface area contributed by atoms with E-state index in [0.29, 0.717) is 30.2 Å². The van der Waals surface area contributed by atoms with Gasteiger partial charge in [-0.25, -0.2) is 12.8 Å². The highest BCUT2D eigenvalue weighted by Crippen LogP contribution is 2.33. The molecule has 1 fully saturated rings. The molecule has 6 heteroatoms. The predicted octanol–water partition coefficient (Wildman–Crippen LogP) is 1.29. The third-order valence-corrected chi connectivity index (χ3v) is 5.29. The molecular weight excluding hydrogens is 269 g/mol. The molecule has 2 aliphatic heterocycles. The van der Waals surface area contributed by atoms with E-state index >= 15 is 0 Å². The zero-order valence-electron chi connectivity index (χ0n) is 10.3. The first-order valence-corrected chi connectivity index (χ1v) is 7.61. The Balaban J connectivity index is 1.89. The molecule has 2 heterocycles. The van der Waals surface area contributed by atoms with Gasteiger partial charge in [0.15, 0.2) is 0 Å². The number of nitrogens with zero attached hydrogens (tertiary/aromatic N) is 1. The first-order chi connectivity index (χ1) is 9.07. The van der Waals surface area contributed by atoms with Crippen LogP contribution in [0.15, 0.2) is 28.0 Å². The summed E-state index contributed by atoms with van der Waals surface area (Å²) in [6.07, 6.45) is 1.57. The topological polar surface area (TPSA) is 46.6 Å². The molecule has 0 unspecified atom stereocenters. The summed E-state index contributed by atoms with van der Waals surface area (Å²) in [7, 11) is -3.45. The van der Waals surface area contributed by atoms with Crippen molar-refractivity contribution in [1.29, 1.82) is 0 Å². The largest absolute Gasteiger partial charge is 0.379 e. The first kappa shape index (κ1) is 12.8. The Morgan fingerprint density at radius 1 is 1.26 bits per heavy atom. The maximum absolute atomic E-state index is 13.1. The summed E-state index contributed by atoms with van der Waals surface area (Å²) in [6, 6.07) is 3.78. The lowest BCUT2D eigenvalue weighted by Crippen LogP contribution is -2.38. The SMILES string of the molecule is O=S1(=O)C(CN2CCOCC2)=Cc2cc(F)ccc21. The van der Waals surface area contributed by atoms with Gasteiger partial charge in [-0.2, -0.15) is 0 Å². The number of hydrogen-bond donors (Lipinski definition) is 0. The fraction of sp³-hybridized carbons (Fsp3) is 0.385. The summed E-state index contributed by atoms with van der Waals surface area (Å²) in [4.78, 5) is 2.59. The fourth-order valence-electron chi connectivity index (χ4n) is 2.38. The van der Waals surface area contributed by atoms with E-state index in [9.17, 15) is 12.8 Å². The smallest absolute Gasteiger partial charge is 0.204 e. The quantitative estimate of drug-likeness (QED) is 0.767. The van der Waals surface area contributed by atoms with Gasteiger partial charge in [0.05, 0.1) is 23.0 Å². The van der Waals surface area contributed by atoms with Crippen molar-refractivity contribution in [2.75, 3.05) is 32.8 Å². The van der Waals surface area contributed by atoms with Crippen molar-refractivity contribution >= 4 is 15.9 Å². The predicted molar refractivity (Wildman–Crippen MR) is 68.8 cm³/mol. The maximum Gasteiger partial charge on any atom is 0.204 e. The molecule has 102 valence electrons. The van der Waals surface area contributed by atoms with Crippen LogP contribution in [0.3, 0.4) is 0 Å². The minimum atomic E-state index is -3.45. The van der Waals surface area contributed by atoms with Gasteiger partial charge in [0, 0.05) is 19.6 Å². The van der Waals surface area contributed by atoms with Gasteiger partial charge >= 0.3 is 0 Å². The summed E-state index contributed by atoms with van der Waals surface area (Å²) < 4.78 is 43.0. The zero-order chi connectivity index (χ0) is 13.5. The molecule has 2 aliphatic rings. The minimum Gasteiger partial charge on any atom is -0.379 e. The van der Waals surface area contributed by atoms with Crippen LogP contribution in [-0.2, 0) is 14.6 Å². The molecule has 0 radical (unpaired) electrons. The summed E-state index contributed by atoms with van der Waals surface area (Å²) in [5, 5.41) is 0. The van der Waals surface area contributed by atoms with Crippen LogP contribution in [-0.4, -0.2) is 46.2 Å². The molecule has 1 saturated heterocycles. The van der Waals surface area contributed by atoms with Gasteiger partial charge in [0.1, 0.15) is 5.82 Å². The third kappa shape index (κ3) is 2.31. The average Bonchev–Trinajstić information content (AvgIpc) is 2.62. The van der Waals surface area contributed by atoms with E-state index in [-0.39, 0.29) is 4.90 Å². The Morgan fingerprint density at radius 3 is 2.74 bits per heavy atom. The van der Waals surface area contributed by atoms with Gasteiger partial charge in [0.25, 0.3) is 0 Å². The van der Waals surface area contributed by atoms with Crippen LogP contribution in [0.1, 0.15) is 5.56 Å². The molecule has 0 saturated carbocycles. The third-order valence-electron chi connectivity index (χ3n) is 3.41. The lowest BCUT2D eigenvalue weighted by Gasteiger charge is -2.26. The van der Waals surface area contributed by atoms with Crippen LogP contribution in [0.2, 0.25) is 0 Å². The van der Waals surface area contributed by atoms with Crippen molar-refractivity contribution < 1.29 is 17.5 Å². The van der Waals surface area contributed by atoms with E-state index in [0.717, 1.165) is 13.1 Å². The summed E-state index contributed by atoms with van der Waals surface area (Å²) in [5.41, 5.74) is 0.447. The second-order valence-corrected chi connectivity index (χ2v) is 6.66. The van der Waals surface area contributed by atoms with Gasteiger partial charge < -0.3 is 4.74 Å². The normalized spacial score (nSPS) is 22.1. The van der Waals surface area contributed by atoms with Crippen LogP contribution in [0.25, 0.3) is 6.08 Å². The van der Waals surface area contributed by atoms with E-state index in [2.05, 4.69) is 0 Å². The Morgan fingerprint density at radius 2 is 2.00 bits per heavy atom. The first-order valence-electron chi connectivity index (χ1n) is 6.13. The molecule has 0 atom stereocenters. The highest BCUT2D eigenvalue weighted by Gasteiger charge is 2.31. The highest BCUT2D eigenvalue weighted by atomic mass is 32.2. The van der Waals surface area contributed by atoms with Crippen LogP contribution in [0.4, 0.5) is 4.39 Å². The Bertz CT molecular complexity index is 633. The molecule has 4 nitrogen and oxygen atoms in total. The molecule has 1 aromatic rings. The van der Waals surface area contributed by atoms with E-state index in [1.165, 1.54) is 18.2 Å². The van der Waals surface area contributed by atoms with Gasteiger partial charge in [-0.15, -0.1) is 0 Å². The van der Waals surface area contributed by atoms with Crippen LogP contribution in [0.5, 0.6) is 0 Å². The number of hydrogen-bond acceptors (Lipinski definition) is 4. The van der Waals surface area contributed by atoms with Gasteiger partial charge in [-0.3, -0.25) is 4.90 Å². The molecule has 1 aromatic carbocycles. The number of morpholine rings is 1. The molecule has 19 heavy (non-hydrogen) atoms. The minimum absolute atomic E-state index is 0.206. The second kappa shape index (κ2) is 4.70. The van der Waals surface area contributed by atoms with Gasteiger partial charge in [-0.1, -0.05) is 0 Å². The number of halogens is 1. The highest BCUT2D eigenvalue weighted by molar-refractivity contribution is 7.95. The van der Waals surface area contributed by atoms with E-state index in [1.807, 2.05) is 4.90 Å². The van der Waals surface area contributed by atoms with Crippen LogP contribution >= 0.6 is 0 Å². The number of sulfone groups is 1. The van der Waals surface area contributed by atoms with Gasteiger partial charge in [-0.05, 0) is 29.8 Å². The van der Waals surface area contributed by atoms with Crippen molar-refractivity contribution in [2.24, 2.45) is 0 Å². The molecule has 0 amide bonds. The summed E-state index contributed by atoms with van der Waals surface area (Å²) >= 11 is 0. The van der Waals surface area contributed by atoms with Crippen molar-refractivity contribution in [3.8, 4) is 0 Å². The average molecular weight is 283 g/mol. The molecule has 0 N–H and O–H groups in total. The zero-order valence-corrected chi connectivity index (χ0v) is 11.1. The second-order valence-electron chi connectivity index (χ2n) is 4.68. The lowest BCUT2D eigenvalue weighted by atomic mass is 10.2. The van der Waals surface area contributed by atoms with E-state index < -0.39 is 15.7 Å². The van der Waals surface area contributed by atoms with Crippen molar-refractivity contribution in [3.05, 3.63) is 34.5 Å². The number of fused-ring (bicyclic) bond motifs is 1. The summed E-state index contributed by atoms with van der Waals surface area (Å²) in [5.74, 6) is -0.419. The van der Waals surface area contributed by atoms with E-state index in [4.69, 9.17) is 4.74 Å². The maximum atomic E-state index is 13.1. The molecular formula is C13H14FNO3S. The monoisotopic (exact) mass is 283 g/mol. The standard InChI is InChI=1S/C13H14FNO3S/c14-11-1-2-13-10(7-11)8-12(19(13,16)17)9-15-3-5-18-6-4-15/h1-2,7-8H,3-6,9H2.